The second-order valence-electron chi connectivity index (χ2n) is 5.50. The van der Waals surface area contributed by atoms with Gasteiger partial charge in [-0.05, 0) is 53.0 Å². The van der Waals surface area contributed by atoms with Gasteiger partial charge in [0, 0.05) is 26.8 Å². The van der Waals surface area contributed by atoms with E-state index in [-0.39, 0.29) is 4.75 Å². The van der Waals surface area contributed by atoms with Gasteiger partial charge in [0.25, 0.3) is 0 Å². The lowest BCUT2D eigenvalue weighted by atomic mass is 10.2. The Morgan fingerprint density at radius 1 is 1.33 bits per heavy atom. The molecule has 1 fully saturated rings. The topological polar surface area (TPSA) is 29.1 Å². The van der Waals surface area contributed by atoms with Gasteiger partial charge in [-0.1, -0.05) is 6.92 Å². The Balaban J connectivity index is 2.39. The summed E-state index contributed by atoms with van der Waals surface area (Å²) < 4.78 is 12.1. The van der Waals surface area contributed by atoms with Crippen LogP contribution in [0.4, 0.5) is 0 Å². The predicted molar refractivity (Wildman–Crippen MR) is 67.6 cm³/mol. The normalized spacial score (nSPS) is 29.3. The summed E-state index contributed by atoms with van der Waals surface area (Å²) in [7, 11) is -0.679. The summed E-state index contributed by atoms with van der Waals surface area (Å²) in [5.41, 5.74) is 0. The SMILES string of the molecule is CCCNC1CCC(S(=O)C(C)(C)C)C1. The molecule has 2 nitrogen and oxygen atoms in total. The minimum Gasteiger partial charge on any atom is -0.314 e. The Kier molecular flexibility index (Phi) is 4.78. The molecular weight excluding hydrogens is 206 g/mol. The molecule has 0 bridgehead atoms. The second kappa shape index (κ2) is 5.44. The van der Waals surface area contributed by atoms with Crippen molar-refractivity contribution in [1.29, 1.82) is 0 Å². The van der Waals surface area contributed by atoms with Gasteiger partial charge in [0.1, 0.15) is 0 Å². The highest BCUT2D eigenvalue weighted by Crippen LogP contribution is 2.29. The average Bonchev–Trinajstić information content (AvgIpc) is 2.60. The van der Waals surface area contributed by atoms with Gasteiger partial charge in [-0.25, -0.2) is 0 Å². The van der Waals surface area contributed by atoms with Gasteiger partial charge in [-0.3, -0.25) is 4.21 Å². The third-order valence-corrected chi connectivity index (χ3v) is 5.21. The van der Waals surface area contributed by atoms with Crippen molar-refractivity contribution >= 4 is 10.8 Å². The fraction of sp³-hybridized carbons (Fsp3) is 1.00. The number of hydrogen-bond donors (Lipinski definition) is 1. The molecule has 1 aliphatic carbocycles. The minimum atomic E-state index is -0.679. The maximum Gasteiger partial charge on any atom is 0.0377 e. The smallest absolute Gasteiger partial charge is 0.0377 e. The zero-order valence-electron chi connectivity index (χ0n) is 10.5. The number of rotatable bonds is 4. The van der Waals surface area contributed by atoms with Crippen molar-refractivity contribution in [1.82, 2.24) is 5.32 Å². The Hall–Kier alpha value is 0.110. The van der Waals surface area contributed by atoms with E-state index in [4.69, 9.17) is 0 Å². The van der Waals surface area contributed by atoms with Gasteiger partial charge in [0.15, 0.2) is 0 Å². The Labute approximate surface area is 96.7 Å². The Morgan fingerprint density at radius 3 is 2.53 bits per heavy atom. The lowest BCUT2D eigenvalue weighted by Gasteiger charge is -2.22. The highest BCUT2D eigenvalue weighted by atomic mass is 32.2. The van der Waals surface area contributed by atoms with Crippen molar-refractivity contribution < 1.29 is 4.21 Å². The molecule has 0 radical (unpaired) electrons. The van der Waals surface area contributed by atoms with Crippen molar-refractivity contribution in [3.05, 3.63) is 0 Å². The summed E-state index contributed by atoms with van der Waals surface area (Å²) in [5, 5.41) is 3.95. The molecule has 0 spiro atoms. The predicted octanol–water partition coefficient (Wildman–Crippen LogP) is 2.45. The first-order chi connectivity index (χ1) is 6.95. The number of nitrogens with one attached hydrogen (secondary N) is 1. The van der Waals surface area contributed by atoms with E-state index >= 15 is 0 Å². The maximum absolute atomic E-state index is 12.2. The molecule has 90 valence electrons. The molecule has 0 saturated heterocycles. The first-order valence-corrected chi connectivity index (χ1v) is 7.30. The molecular formula is C12H25NOS. The van der Waals surface area contributed by atoms with Crippen molar-refractivity contribution in [2.75, 3.05) is 6.54 Å². The molecule has 3 unspecified atom stereocenters. The Morgan fingerprint density at radius 2 is 2.00 bits per heavy atom. The zero-order valence-corrected chi connectivity index (χ0v) is 11.3. The minimum absolute atomic E-state index is 0.0513. The molecule has 0 aliphatic heterocycles. The fourth-order valence-electron chi connectivity index (χ4n) is 2.17. The highest BCUT2D eigenvalue weighted by molar-refractivity contribution is 7.87. The van der Waals surface area contributed by atoms with Crippen LogP contribution >= 0.6 is 0 Å². The van der Waals surface area contributed by atoms with Crippen molar-refractivity contribution in [2.24, 2.45) is 0 Å². The summed E-state index contributed by atoms with van der Waals surface area (Å²) in [6, 6.07) is 0.612. The first-order valence-electron chi connectivity index (χ1n) is 6.09. The van der Waals surface area contributed by atoms with Gasteiger partial charge >= 0.3 is 0 Å². The lowest BCUT2D eigenvalue weighted by molar-refractivity contribution is 0.522. The van der Waals surface area contributed by atoms with Crippen molar-refractivity contribution in [3.8, 4) is 0 Å². The van der Waals surface area contributed by atoms with E-state index in [9.17, 15) is 4.21 Å². The van der Waals surface area contributed by atoms with Crippen LogP contribution in [0.25, 0.3) is 0 Å². The van der Waals surface area contributed by atoms with Gasteiger partial charge < -0.3 is 5.32 Å². The molecule has 0 aromatic carbocycles. The van der Waals surface area contributed by atoms with E-state index in [2.05, 4.69) is 33.0 Å². The average molecular weight is 231 g/mol. The monoisotopic (exact) mass is 231 g/mol. The van der Waals surface area contributed by atoms with Crippen molar-refractivity contribution in [3.63, 3.8) is 0 Å². The Bertz CT molecular complexity index is 222. The third kappa shape index (κ3) is 3.87. The van der Waals surface area contributed by atoms with Crippen LogP contribution in [-0.4, -0.2) is 26.8 Å². The molecule has 3 heteroatoms. The molecule has 0 heterocycles. The summed E-state index contributed by atoms with van der Waals surface area (Å²) >= 11 is 0. The molecule has 1 saturated carbocycles. The van der Waals surface area contributed by atoms with Crippen LogP contribution in [0.2, 0.25) is 0 Å². The molecule has 0 amide bonds. The zero-order chi connectivity index (χ0) is 11.5. The maximum atomic E-state index is 12.2. The summed E-state index contributed by atoms with van der Waals surface area (Å²) in [6.07, 6.45) is 4.62. The summed E-state index contributed by atoms with van der Waals surface area (Å²) in [5.74, 6) is 0. The quantitative estimate of drug-likeness (QED) is 0.805. The first kappa shape index (κ1) is 13.2. The molecule has 1 N–H and O–H groups in total. The van der Waals surface area contributed by atoms with Crippen LogP contribution in [0, 0.1) is 0 Å². The van der Waals surface area contributed by atoms with Crippen LogP contribution in [0.15, 0.2) is 0 Å². The molecule has 15 heavy (non-hydrogen) atoms. The third-order valence-electron chi connectivity index (χ3n) is 2.97. The molecule has 0 aromatic heterocycles. The largest absolute Gasteiger partial charge is 0.314 e. The van der Waals surface area contributed by atoms with Crippen LogP contribution in [0.3, 0.4) is 0 Å². The van der Waals surface area contributed by atoms with Gasteiger partial charge in [-0.2, -0.15) is 0 Å². The lowest BCUT2D eigenvalue weighted by Crippen LogP contribution is -2.32. The molecule has 1 aliphatic rings. The van der Waals surface area contributed by atoms with E-state index in [1.807, 2.05) is 0 Å². The molecule has 3 atom stereocenters. The van der Waals surface area contributed by atoms with E-state index in [1.165, 1.54) is 12.8 Å². The van der Waals surface area contributed by atoms with Gasteiger partial charge in [-0.15, -0.1) is 0 Å². The van der Waals surface area contributed by atoms with Crippen LogP contribution in [0.5, 0.6) is 0 Å². The van der Waals surface area contributed by atoms with E-state index < -0.39 is 10.8 Å². The fourth-order valence-corrected chi connectivity index (χ4v) is 3.93. The number of hydrogen-bond acceptors (Lipinski definition) is 2. The van der Waals surface area contributed by atoms with E-state index in [0.29, 0.717) is 11.3 Å². The van der Waals surface area contributed by atoms with Crippen LogP contribution in [0.1, 0.15) is 53.4 Å². The standard InChI is InChI=1S/C12H25NOS/c1-5-8-13-10-6-7-11(9-10)15(14)12(2,3)4/h10-11,13H,5-9H2,1-4H3. The van der Waals surface area contributed by atoms with Gasteiger partial charge in [0.05, 0.1) is 0 Å². The van der Waals surface area contributed by atoms with Crippen molar-refractivity contribution in [2.45, 2.75) is 69.4 Å². The van der Waals surface area contributed by atoms with E-state index in [1.54, 1.807) is 0 Å². The molecule has 0 aromatic rings. The van der Waals surface area contributed by atoms with E-state index in [0.717, 1.165) is 19.4 Å². The highest BCUT2D eigenvalue weighted by Gasteiger charge is 2.33. The summed E-state index contributed by atoms with van der Waals surface area (Å²) in [6.45, 7) is 9.52. The van der Waals surface area contributed by atoms with Gasteiger partial charge in [0.2, 0.25) is 0 Å². The second-order valence-corrected chi connectivity index (χ2v) is 7.98. The molecule has 1 rings (SSSR count). The van der Waals surface area contributed by atoms with Crippen LogP contribution < -0.4 is 5.32 Å². The van der Waals surface area contributed by atoms with Crippen LogP contribution in [-0.2, 0) is 10.8 Å². The summed E-state index contributed by atoms with van der Waals surface area (Å²) in [4.78, 5) is 0.